The maximum Gasteiger partial charge on any atom is 0.0978 e. The molecular formula is C10H6N2. The number of pyridine rings is 2. The Labute approximate surface area is 70.9 Å². The van der Waals surface area contributed by atoms with Crippen LogP contribution in [0.2, 0.25) is 0 Å². The molecule has 12 heavy (non-hydrogen) atoms. The fraction of sp³-hybridized carbons (Fsp3) is 0. The summed E-state index contributed by atoms with van der Waals surface area (Å²) in [7, 11) is 0. The zero-order valence-electron chi connectivity index (χ0n) is 6.36. The van der Waals surface area contributed by atoms with Crippen molar-refractivity contribution in [2.75, 3.05) is 0 Å². The highest BCUT2D eigenvalue weighted by Crippen LogP contribution is 2.14. The summed E-state index contributed by atoms with van der Waals surface area (Å²) in [5, 5.41) is 0. The molecule has 56 valence electrons. The standard InChI is InChI=1S/C10H6N2/c1-5-11-6-2-9(1)10-3-7-12-8-4-10/h1-3,5-7H. The Balaban J connectivity index is 2.46. The minimum atomic E-state index is 0.993. The van der Waals surface area contributed by atoms with Crippen molar-refractivity contribution in [2.24, 2.45) is 0 Å². The molecule has 2 nitrogen and oxygen atoms in total. The third-order valence-corrected chi connectivity index (χ3v) is 1.56. The molecular weight excluding hydrogens is 148 g/mol. The van der Waals surface area contributed by atoms with Gasteiger partial charge in [-0.2, -0.15) is 0 Å². The predicted molar refractivity (Wildman–Crippen MR) is 45.1 cm³/mol. The summed E-state index contributed by atoms with van der Waals surface area (Å²) >= 11 is 0. The van der Waals surface area contributed by atoms with Crippen LogP contribution in [-0.2, 0) is 0 Å². The average molecular weight is 154 g/mol. The highest BCUT2D eigenvalue weighted by molar-refractivity contribution is 5.60. The molecule has 2 aromatic heterocycles. The predicted octanol–water partition coefficient (Wildman–Crippen LogP) is 1.74. The van der Waals surface area contributed by atoms with Gasteiger partial charge in [-0.05, 0) is 29.3 Å². The smallest absolute Gasteiger partial charge is 0.0978 e. The van der Waals surface area contributed by atoms with E-state index in [1.807, 2.05) is 18.2 Å². The molecule has 2 rings (SSSR count). The second-order valence-corrected chi connectivity index (χ2v) is 2.33. The quantitative estimate of drug-likeness (QED) is 0.625. The molecule has 0 aliphatic rings. The van der Waals surface area contributed by atoms with Crippen LogP contribution >= 0.6 is 0 Å². The normalized spacial score (nSPS) is 9.67. The minimum Gasteiger partial charge on any atom is -0.265 e. The summed E-state index contributed by atoms with van der Waals surface area (Å²) in [6, 6.07) is 8.68. The summed E-state index contributed by atoms with van der Waals surface area (Å²) in [6.45, 7) is 0. The molecule has 0 atom stereocenters. The van der Waals surface area contributed by atoms with E-state index in [9.17, 15) is 0 Å². The minimum absolute atomic E-state index is 0.993. The first-order valence-electron chi connectivity index (χ1n) is 3.61. The van der Waals surface area contributed by atoms with Crippen LogP contribution in [-0.4, -0.2) is 9.97 Å². The number of hydrogen-bond donors (Lipinski definition) is 0. The van der Waals surface area contributed by atoms with Crippen LogP contribution in [0, 0.1) is 12.3 Å². The summed E-state index contributed by atoms with van der Waals surface area (Å²) in [6.07, 6.45) is 7.87. The van der Waals surface area contributed by atoms with E-state index in [1.165, 1.54) is 0 Å². The Kier molecular flexibility index (Phi) is 1.82. The van der Waals surface area contributed by atoms with E-state index in [4.69, 9.17) is 0 Å². The van der Waals surface area contributed by atoms with Gasteiger partial charge in [0.15, 0.2) is 0 Å². The van der Waals surface area contributed by atoms with Gasteiger partial charge in [0, 0.05) is 24.7 Å². The molecule has 2 radical (unpaired) electrons. The maximum atomic E-state index is 3.93. The maximum absolute atomic E-state index is 3.93. The average Bonchev–Trinajstić information content (AvgIpc) is 2.21. The van der Waals surface area contributed by atoms with Gasteiger partial charge in [-0.1, -0.05) is 0 Å². The molecule has 0 aliphatic heterocycles. The van der Waals surface area contributed by atoms with Crippen LogP contribution in [0.3, 0.4) is 0 Å². The van der Waals surface area contributed by atoms with Crippen LogP contribution < -0.4 is 0 Å². The molecule has 0 spiro atoms. The van der Waals surface area contributed by atoms with Crippen molar-refractivity contribution >= 4 is 0 Å². The molecule has 0 amide bonds. The van der Waals surface area contributed by atoms with Crippen molar-refractivity contribution in [1.82, 2.24) is 9.97 Å². The Bertz CT molecular complexity index is 305. The highest BCUT2D eigenvalue weighted by Gasteiger charge is 1.93. The summed E-state index contributed by atoms with van der Waals surface area (Å²) < 4.78 is 0. The number of hydrogen-bond acceptors (Lipinski definition) is 2. The first-order chi connectivity index (χ1) is 5.97. The van der Waals surface area contributed by atoms with Crippen molar-refractivity contribution < 1.29 is 0 Å². The molecule has 2 heteroatoms. The number of aromatic nitrogens is 2. The van der Waals surface area contributed by atoms with Crippen LogP contribution in [0.1, 0.15) is 0 Å². The lowest BCUT2D eigenvalue weighted by molar-refractivity contribution is 1.29. The van der Waals surface area contributed by atoms with Gasteiger partial charge in [0.05, 0.1) is 6.20 Å². The van der Waals surface area contributed by atoms with Crippen molar-refractivity contribution in [1.29, 1.82) is 0 Å². The molecule has 0 unspecified atom stereocenters. The summed E-state index contributed by atoms with van der Waals surface area (Å²) in [4.78, 5) is 7.71. The molecule has 0 aromatic carbocycles. The summed E-state index contributed by atoms with van der Waals surface area (Å²) in [5.41, 5.74) is 2.08. The Morgan fingerprint density at radius 1 is 1.00 bits per heavy atom. The third-order valence-electron chi connectivity index (χ3n) is 1.56. The summed E-state index contributed by atoms with van der Waals surface area (Å²) in [5.74, 6) is 0. The Hall–Kier alpha value is -1.70. The van der Waals surface area contributed by atoms with Gasteiger partial charge in [0.1, 0.15) is 0 Å². The van der Waals surface area contributed by atoms with Gasteiger partial charge in [0.25, 0.3) is 0 Å². The molecule has 0 bridgehead atoms. The molecule has 0 N–H and O–H groups in total. The van der Waals surface area contributed by atoms with Gasteiger partial charge < -0.3 is 0 Å². The lowest BCUT2D eigenvalue weighted by Crippen LogP contribution is -1.78. The molecule has 2 aromatic rings. The first-order valence-corrected chi connectivity index (χ1v) is 3.61. The molecule has 2 heterocycles. The Morgan fingerprint density at radius 2 is 1.83 bits per heavy atom. The number of rotatable bonds is 1. The topological polar surface area (TPSA) is 25.8 Å². The molecule has 0 saturated heterocycles. The lowest BCUT2D eigenvalue weighted by Gasteiger charge is -1.96. The lowest BCUT2D eigenvalue weighted by atomic mass is 10.1. The number of nitrogens with zero attached hydrogens (tertiary/aromatic N) is 2. The monoisotopic (exact) mass is 154 g/mol. The van der Waals surface area contributed by atoms with Gasteiger partial charge >= 0.3 is 0 Å². The van der Waals surface area contributed by atoms with Crippen LogP contribution in [0.25, 0.3) is 11.1 Å². The van der Waals surface area contributed by atoms with Crippen LogP contribution in [0.15, 0.2) is 36.8 Å². The fourth-order valence-corrected chi connectivity index (χ4v) is 0.983. The van der Waals surface area contributed by atoms with Crippen molar-refractivity contribution in [3.63, 3.8) is 0 Å². The van der Waals surface area contributed by atoms with Crippen molar-refractivity contribution in [3.05, 3.63) is 49.1 Å². The second kappa shape index (κ2) is 3.13. The third kappa shape index (κ3) is 1.32. The SMILES string of the molecule is [c]1[c]c(-c2ccncc2)ccn1. The van der Waals surface area contributed by atoms with E-state index < -0.39 is 0 Å². The van der Waals surface area contributed by atoms with E-state index in [2.05, 4.69) is 22.2 Å². The largest absolute Gasteiger partial charge is 0.265 e. The zero-order chi connectivity index (χ0) is 8.23. The van der Waals surface area contributed by atoms with Crippen LogP contribution in [0.4, 0.5) is 0 Å². The zero-order valence-corrected chi connectivity index (χ0v) is 6.36. The highest BCUT2D eigenvalue weighted by atomic mass is 14.6. The second-order valence-electron chi connectivity index (χ2n) is 2.33. The molecule has 0 fully saturated rings. The van der Waals surface area contributed by atoms with Crippen LogP contribution in [0.5, 0.6) is 0 Å². The van der Waals surface area contributed by atoms with Crippen molar-refractivity contribution in [3.8, 4) is 11.1 Å². The molecule has 0 aliphatic carbocycles. The van der Waals surface area contributed by atoms with Gasteiger partial charge in [-0.25, -0.2) is 0 Å². The van der Waals surface area contributed by atoms with E-state index >= 15 is 0 Å². The van der Waals surface area contributed by atoms with Gasteiger partial charge in [-0.3, -0.25) is 9.97 Å². The van der Waals surface area contributed by atoms with Gasteiger partial charge in [-0.15, -0.1) is 0 Å². The first kappa shape index (κ1) is 6.98. The fourth-order valence-electron chi connectivity index (χ4n) is 0.983. The van der Waals surface area contributed by atoms with Gasteiger partial charge in [0.2, 0.25) is 0 Å². The van der Waals surface area contributed by atoms with Crippen molar-refractivity contribution in [2.45, 2.75) is 0 Å². The van der Waals surface area contributed by atoms with E-state index in [-0.39, 0.29) is 0 Å². The van der Waals surface area contributed by atoms with E-state index in [1.54, 1.807) is 18.6 Å². The molecule has 0 saturated carbocycles. The van der Waals surface area contributed by atoms with E-state index in [0.29, 0.717) is 0 Å². The van der Waals surface area contributed by atoms with E-state index in [0.717, 1.165) is 11.1 Å². The Morgan fingerprint density at radius 3 is 2.50 bits per heavy atom.